The molecule has 2 nitrogen and oxygen atoms in total. The minimum Gasteiger partial charge on any atom is -0.388 e. The van der Waals surface area contributed by atoms with E-state index < -0.39 is 6.10 Å². The molecule has 0 aliphatic carbocycles. The Morgan fingerprint density at radius 3 is 2.71 bits per heavy atom. The highest BCUT2D eigenvalue weighted by Crippen LogP contribution is 2.30. The van der Waals surface area contributed by atoms with Gasteiger partial charge >= 0.3 is 0 Å². The van der Waals surface area contributed by atoms with Gasteiger partial charge in [0, 0.05) is 33.6 Å². The second-order valence-corrected chi connectivity index (χ2v) is 5.73. The first-order valence-corrected chi connectivity index (χ1v) is 7.36. The van der Waals surface area contributed by atoms with Crippen molar-refractivity contribution in [2.45, 2.75) is 12.5 Å². The average molecular weight is 318 g/mol. The molecule has 0 radical (unpaired) electrons. The van der Waals surface area contributed by atoms with Crippen LogP contribution >= 0.6 is 23.2 Å². The van der Waals surface area contributed by atoms with Crippen molar-refractivity contribution in [1.82, 2.24) is 4.98 Å². The molecule has 0 bridgehead atoms. The number of fused-ring (bicyclic) bond motifs is 1. The van der Waals surface area contributed by atoms with Crippen molar-refractivity contribution in [2.75, 3.05) is 0 Å². The number of hydrogen-bond donors (Lipinski definition) is 1. The number of pyridine rings is 1. The van der Waals surface area contributed by atoms with Crippen LogP contribution in [0.5, 0.6) is 0 Å². The highest BCUT2D eigenvalue weighted by Gasteiger charge is 2.14. The molecule has 0 spiro atoms. The van der Waals surface area contributed by atoms with Gasteiger partial charge in [-0.15, -0.1) is 0 Å². The van der Waals surface area contributed by atoms with Crippen LogP contribution in [0.4, 0.5) is 0 Å². The summed E-state index contributed by atoms with van der Waals surface area (Å²) in [4.78, 5) is 4.35. The molecule has 2 aromatic carbocycles. The number of aromatic nitrogens is 1. The predicted molar refractivity (Wildman–Crippen MR) is 86.9 cm³/mol. The van der Waals surface area contributed by atoms with Gasteiger partial charge in [0.2, 0.25) is 0 Å². The molecule has 3 rings (SSSR count). The summed E-state index contributed by atoms with van der Waals surface area (Å²) < 4.78 is 0. The predicted octanol–water partition coefficient (Wildman–Crippen LogP) is 4.82. The fourth-order valence-corrected chi connectivity index (χ4v) is 2.85. The Balaban J connectivity index is 1.98. The molecule has 1 aromatic heterocycles. The molecule has 0 aliphatic heterocycles. The lowest BCUT2D eigenvalue weighted by Gasteiger charge is -2.14. The zero-order chi connectivity index (χ0) is 14.8. The fourth-order valence-electron chi connectivity index (χ4n) is 2.43. The third-order valence-corrected chi connectivity index (χ3v) is 3.99. The number of benzene rings is 2. The molecular formula is C17H13Cl2NO. The van der Waals surface area contributed by atoms with Crippen molar-refractivity contribution in [3.8, 4) is 0 Å². The molecule has 1 unspecified atom stereocenters. The van der Waals surface area contributed by atoms with Crippen LogP contribution in [-0.4, -0.2) is 10.1 Å². The van der Waals surface area contributed by atoms with Crippen molar-refractivity contribution in [2.24, 2.45) is 0 Å². The summed E-state index contributed by atoms with van der Waals surface area (Å²) in [6.45, 7) is 0. The maximum absolute atomic E-state index is 10.5. The SMILES string of the molecule is OC(Cc1cccc(Cl)c1)c1ccc(Cl)c2cccnc12. The molecule has 21 heavy (non-hydrogen) atoms. The van der Waals surface area contributed by atoms with Gasteiger partial charge in [0.25, 0.3) is 0 Å². The lowest BCUT2D eigenvalue weighted by atomic mass is 9.99. The van der Waals surface area contributed by atoms with Gasteiger partial charge in [0.1, 0.15) is 0 Å². The lowest BCUT2D eigenvalue weighted by Crippen LogP contribution is -2.03. The highest BCUT2D eigenvalue weighted by molar-refractivity contribution is 6.35. The Labute approximate surface area is 133 Å². The fraction of sp³-hybridized carbons (Fsp3) is 0.118. The zero-order valence-electron chi connectivity index (χ0n) is 11.1. The number of halogens is 2. The van der Waals surface area contributed by atoms with Gasteiger partial charge in [-0.3, -0.25) is 4.98 Å². The van der Waals surface area contributed by atoms with Crippen molar-refractivity contribution < 1.29 is 5.11 Å². The monoisotopic (exact) mass is 317 g/mol. The summed E-state index contributed by atoms with van der Waals surface area (Å²) in [5.74, 6) is 0. The third kappa shape index (κ3) is 3.03. The van der Waals surface area contributed by atoms with Gasteiger partial charge in [-0.2, -0.15) is 0 Å². The maximum Gasteiger partial charge on any atom is 0.0851 e. The van der Waals surface area contributed by atoms with Gasteiger partial charge in [-0.05, 0) is 35.9 Å². The maximum atomic E-state index is 10.5. The average Bonchev–Trinajstić information content (AvgIpc) is 2.48. The Morgan fingerprint density at radius 2 is 1.90 bits per heavy atom. The van der Waals surface area contributed by atoms with Crippen LogP contribution in [0.25, 0.3) is 10.9 Å². The Hall–Kier alpha value is -1.61. The van der Waals surface area contributed by atoms with E-state index in [1.165, 1.54) is 0 Å². The summed E-state index contributed by atoms with van der Waals surface area (Å²) in [6.07, 6.45) is 1.53. The zero-order valence-corrected chi connectivity index (χ0v) is 12.6. The van der Waals surface area contributed by atoms with E-state index in [0.29, 0.717) is 16.5 Å². The molecule has 0 amide bonds. The molecule has 0 saturated carbocycles. The van der Waals surface area contributed by atoms with Crippen LogP contribution < -0.4 is 0 Å². The largest absolute Gasteiger partial charge is 0.388 e. The van der Waals surface area contributed by atoms with E-state index in [2.05, 4.69) is 4.98 Å². The van der Waals surface area contributed by atoms with Crippen molar-refractivity contribution in [3.63, 3.8) is 0 Å². The van der Waals surface area contributed by atoms with Crippen LogP contribution in [0, 0.1) is 0 Å². The van der Waals surface area contributed by atoms with Crippen molar-refractivity contribution >= 4 is 34.1 Å². The number of hydrogen-bond acceptors (Lipinski definition) is 2. The van der Waals surface area contributed by atoms with Gasteiger partial charge in [0.15, 0.2) is 0 Å². The topological polar surface area (TPSA) is 33.1 Å². The molecule has 1 atom stereocenters. The van der Waals surface area contributed by atoms with Crippen LogP contribution in [0.1, 0.15) is 17.2 Å². The Bertz CT molecular complexity index is 789. The number of aliphatic hydroxyl groups is 1. The van der Waals surface area contributed by atoms with Gasteiger partial charge in [0.05, 0.1) is 11.6 Å². The molecule has 3 aromatic rings. The normalized spacial score (nSPS) is 12.5. The standard InChI is InChI=1S/C17H13Cl2NO/c18-12-4-1-3-11(9-12)10-16(21)14-6-7-15(19)13-5-2-8-20-17(13)14/h1-9,16,21H,10H2. The van der Waals surface area contributed by atoms with E-state index in [1.807, 2.05) is 42.5 Å². The molecular weight excluding hydrogens is 305 g/mol. The van der Waals surface area contributed by atoms with Crippen LogP contribution in [-0.2, 0) is 6.42 Å². The van der Waals surface area contributed by atoms with Crippen molar-refractivity contribution in [1.29, 1.82) is 0 Å². The van der Waals surface area contributed by atoms with Gasteiger partial charge < -0.3 is 5.11 Å². The molecule has 1 N–H and O–H groups in total. The smallest absolute Gasteiger partial charge is 0.0851 e. The number of rotatable bonds is 3. The van der Waals surface area contributed by atoms with Crippen LogP contribution in [0.2, 0.25) is 10.0 Å². The second-order valence-electron chi connectivity index (χ2n) is 4.89. The second kappa shape index (κ2) is 6.02. The van der Waals surface area contributed by atoms with Gasteiger partial charge in [-0.1, -0.05) is 41.4 Å². The molecule has 0 fully saturated rings. The first-order chi connectivity index (χ1) is 10.1. The molecule has 4 heteroatoms. The highest BCUT2D eigenvalue weighted by atomic mass is 35.5. The third-order valence-electron chi connectivity index (χ3n) is 3.42. The van der Waals surface area contributed by atoms with Crippen molar-refractivity contribution in [3.05, 3.63) is 75.9 Å². The van der Waals surface area contributed by atoms with E-state index in [1.54, 1.807) is 12.3 Å². The number of aliphatic hydroxyl groups excluding tert-OH is 1. The van der Waals surface area contributed by atoms with Gasteiger partial charge in [-0.25, -0.2) is 0 Å². The molecule has 1 heterocycles. The molecule has 0 aliphatic rings. The molecule has 106 valence electrons. The number of nitrogens with zero attached hydrogens (tertiary/aromatic N) is 1. The Kier molecular flexibility index (Phi) is 4.11. The van der Waals surface area contributed by atoms with E-state index >= 15 is 0 Å². The summed E-state index contributed by atoms with van der Waals surface area (Å²) >= 11 is 12.2. The lowest BCUT2D eigenvalue weighted by molar-refractivity contribution is 0.180. The minimum atomic E-state index is -0.655. The first kappa shape index (κ1) is 14.3. The van der Waals surface area contributed by atoms with E-state index in [0.717, 1.165) is 22.0 Å². The molecule has 0 saturated heterocycles. The quantitative estimate of drug-likeness (QED) is 0.751. The van der Waals surface area contributed by atoms with Crippen LogP contribution in [0.15, 0.2) is 54.7 Å². The first-order valence-electron chi connectivity index (χ1n) is 6.61. The Morgan fingerprint density at radius 1 is 1.05 bits per heavy atom. The van der Waals surface area contributed by atoms with E-state index in [4.69, 9.17) is 23.2 Å². The van der Waals surface area contributed by atoms with E-state index in [-0.39, 0.29) is 0 Å². The summed E-state index contributed by atoms with van der Waals surface area (Å²) in [5.41, 5.74) is 2.49. The minimum absolute atomic E-state index is 0.480. The van der Waals surface area contributed by atoms with E-state index in [9.17, 15) is 5.11 Å². The van der Waals surface area contributed by atoms with Crippen LogP contribution in [0.3, 0.4) is 0 Å². The summed E-state index contributed by atoms with van der Waals surface area (Å²) in [6, 6.07) is 14.9. The summed E-state index contributed by atoms with van der Waals surface area (Å²) in [5, 5.41) is 12.7. The summed E-state index contributed by atoms with van der Waals surface area (Å²) in [7, 11) is 0.